The van der Waals surface area contributed by atoms with Crippen molar-refractivity contribution in [3.05, 3.63) is 22.4 Å². The second kappa shape index (κ2) is 5.67. The van der Waals surface area contributed by atoms with E-state index in [-0.39, 0.29) is 11.7 Å². The van der Waals surface area contributed by atoms with Gasteiger partial charge in [0.2, 0.25) is 5.91 Å². The number of nitrogens with two attached hydrogens (primary N) is 1. The fourth-order valence-corrected chi connectivity index (χ4v) is 3.92. The summed E-state index contributed by atoms with van der Waals surface area (Å²) in [5, 5.41) is 16.4. The molecule has 1 aromatic heterocycles. The van der Waals surface area contributed by atoms with E-state index in [1.807, 2.05) is 10.3 Å². The Bertz CT molecular complexity index is 531. The molecule has 0 spiro atoms. The van der Waals surface area contributed by atoms with Gasteiger partial charge >= 0.3 is 0 Å². The first-order chi connectivity index (χ1) is 10.2. The zero-order chi connectivity index (χ0) is 14.9. The quantitative estimate of drug-likeness (QED) is 0.380. The van der Waals surface area contributed by atoms with Gasteiger partial charge in [-0.05, 0) is 48.1 Å². The minimum Gasteiger partial charge on any atom is -0.409 e. The summed E-state index contributed by atoms with van der Waals surface area (Å²) in [6, 6.07) is 2.37. The number of carbonyl (C=O) groups is 1. The molecule has 1 aromatic rings. The van der Waals surface area contributed by atoms with Crippen LogP contribution in [0.5, 0.6) is 0 Å². The van der Waals surface area contributed by atoms with E-state index in [2.05, 4.69) is 16.6 Å². The Morgan fingerprint density at radius 2 is 2.19 bits per heavy atom. The number of oxime groups is 1. The maximum Gasteiger partial charge on any atom is 0.237 e. The molecule has 5 nitrogen and oxygen atoms in total. The Morgan fingerprint density at radius 1 is 1.48 bits per heavy atom. The molecule has 0 radical (unpaired) electrons. The van der Waals surface area contributed by atoms with Crippen LogP contribution in [0.2, 0.25) is 0 Å². The molecule has 2 saturated carbocycles. The third kappa shape index (κ3) is 2.64. The molecule has 3 N–H and O–H groups in total. The number of hydrogen-bond acceptors (Lipinski definition) is 4. The van der Waals surface area contributed by atoms with Crippen LogP contribution in [0, 0.1) is 5.41 Å². The smallest absolute Gasteiger partial charge is 0.237 e. The van der Waals surface area contributed by atoms with Crippen molar-refractivity contribution in [2.75, 3.05) is 0 Å². The van der Waals surface area contributed by atoms with Gasteiger partial charge in [-0.15, -0.1) is 0 Å². The van der Waals surface area contributed by atoms with E-state index in [1.165, 1.54) is 0 Å². The molecule has 1 heterocycles. The van der Waals surface area contributed by atoms with E-state index in [9.17, 15) is 4.79 Å². The molecule has 0 aliphatic heterocycles. The van der Waals surface area contributed by atoms with Crippen molar-refractivity contribution in [1.82, 2.24) is 4.90 Å². The summed E-state index contributed by atoms with van der Waals surface area (Å²) in [6.07, 6.45) is 5.41. The molecule has 0 saturated heterocycles. The van der Waals surface area contributed by atoms with Gasteiger partial charge in [0, 0.05) is 12.6 Å². The summed E-state index contributed by atoms with van der Waals surface area (Å²) < 4.78 is 0. The molecule has 0 atom stereocenters. The number of rotatable bonds is 5. The van der Waals surface area contributed by atoms with E-state index in [4.69, 9.17) is 10.9 Å². The highest BCUT2D eigenvalue weighted by Crippen LogP contribution is 2.42. The van der Waals surface area contributed by atoms with Crippen LogP contribution in [0.3, 0.4) is 0 Å². The third-order valence-corrected chi connectivity index (χ3v) is 5.38. The summed E-state index contributed by atoms with van der Waals surface area (Å²) in [5.41, 5.74) is 6.28. The van der Waals surface area contributed by atoms with Crippen LogP contribution in [-0.2, 0) is 11.3 Å². The summed E-state index contributed by atoms with van der Waals surface area (Å²) in [6.45, 7) is 0.632. The van der Waals surface area contributed by atoms with Crippen LogP contribution < -0.4 is 5.73 Å². The van der Waals surface area contributed by atoms with Crippen LogP contribution in [0.25, 0.3) is 0 Å². The van der Waals surface area contributed by atoms with Crippen molar-refractivity contribution in [3.63, 3.8) is 0 Å². The summed E-state index contributed by atoms with van der Waals surface area (Å²) in [4.78, 5) is 15.1. The number of thiophene rings is 1. The Hall–Kier alpha value is -1.56. The molecule has 2 aliphatic rings. The fraction of sp³-hybridized carbons (Fsp3) is 0.600. The number of nitrogens with zero attached hydrogens (tertiary/aromatic N) is 2. The lowest BCUT2D eigenvalue weighted by atomic mass is 9.83. The zero-order valence-corrected chi connectivity index (χ0v) is 12.8. The molecule has 3 rings (SSSR count). The van der Waals surface area contributed by atoms with Crippen LogP contribution in [0.4, 0.5) is 0 Å². The Balaban J connectivity index is 1.85. The highest BCUT2D eigenvalue weighted by molar-refractivity contribution is 7.07. The van der Waals surface area contributed by atoms with E-state index in [0.29, 0.717) is 25.4 Å². The van der Waals surface area contributed by atoms with Crippen molar-refractivity contribution in [1.29, 1.82) is 0 Å². The second-order valence-corrected chi connectivity index (χ2v) is 6.85. The lowest BCUT2D eigenvalue weighted by Gasteiger charge is -2.33. The largest absolute Gasteiger partial charge is 0.409 e. The highest BCUT2D eigenvalue weighted by atomic mass is 32.1. The minimum atomic E-state index is -0.784. The highest BCUT2D eigenvalue weighted by Gasteiger charge is 2.50. The Labute approximate surface area is 128 Å². The van der Waals surface area contributed by atoms with Crippen molar-refractivity contribution in [3.8, 4) is 0 Å². The summed E-state index contributed by atoms with van der Waals surface area (Å²) in [5.74, 6) is 0.130. The molecule has 0 bridgehead atoms. The Morgan fingerprint density at radius 3 is 2.71 bits per heavy atom. The van der Waals surface area contributed by atoms with Gasteiger partial charge in [0.15, 0.2) is 5.84 Å². The summed E-state index contributed by atoms with van der Waals surface area (Å²) >= 11 is 1.64. The van der Waals surface area contributed by atoms with Crippen molar-refractivity contribution in [2.24, 2.45) is 16.3 Å². The average Bonchev–Trinajstić information content (AvgIpc) is 3.02. The van der Waals surface area contributed by atoms with Crippen molar-refractivity contribution < 1.29 is 10.0 Å². The number of amidine groups is 1. The first kappa shape index (κ1) is 14.4. The monoisotopic (exact) mass is 307 g/mol. The molecule has 114 valence electrons. The first-order valence-electron chi connectivity index (χ1n) is 7.47. The minimum absolute atomic E-state index is 0.0454. The van der Waals surface area contributed by atoms with Crippen LogP contribution in [0.1, 0.15) is 44.1 Å². The van der Waals surface area contributed by atoms with Crippen LogP contribution in [-0.4, -0.2) is 27.9 Å². The Kier molecular flexibility index (Phi) is 3.89. The molecular formula is C15H21N3O2S. The van der Waals surface area contributed by atoms with Gasteiger partial charge in [-0.3, -0.25) is 4.79 Å². The standard InChI is InChI=1S/C15H21N3O2S/c16-13(17-20)15(6-1-2-7-15)14(19)18(12-3-4-12)9-11-5-8-21-10-11/h5,8,10,12,20H,1-4,6-7,9H2,(H2,16,17). The number of carbonyl (C=O) groups excluding carboxylic acids is 1. The second-order valence-electron chi connectivity index (χ2n) is 6.07. The molecule has 0 aromatic carbocycles. The van der Waals surface area contributed by atoms with Crippen molar-refractivity contribution >= 4 is 23.1 Å². The van der Waals surface area contributed by atoms with Crippen molar-refractivity contribution in [2.45, 2.75) is 51.1 Å². The van der Waals surface area contributed by atoms with Gasteiger partial charge in [-0.25, -0.2) is 0 Å². The molecule has 21 heavy (non-hydrogen) atoms. The lowest BCUT2D eigenvalue weighted by molar-refractivity contribution is -0.139. The number of hydrogen-bond donors (Lipinski definition) is 2. The molecule has 2 fully saturated rings. The molecule has 0 unspecified atom stereocenters. The molecular weight excluding hydrogens is 286 g/mol. The van der Waals surface area contributed by atoms with Gasteiger partial charge in [-0.2, -0.15) is 11.3 Å². The topological polar surface area (TPSA) is 78.9 Å². The van der Waals surface area contributed by atoms with Gasteiger partial charge < -0.3 is 15.8 Å². The normalized spacial score (nSPS) is 21.4. The molecule has 6 heteroatoms. The third-order valence-electron chi connectivity index (χ3n) is 4.65. The molecule has 2 aliphatic carbocycles. The van der Waals surface area contributed by atoms with Gasteiger partial charge in [0.1, 0.15) is 5.41 Å². The first-order valence-corrected chi connectivity index (χ1v) is 8.42. The van der Waals surface area contributed by atoms with Gasteiger partial charge in [0.25, 0.3) is 0 Å². The van der Waals surface area contributed by atoms with Crippen LogP contribution in [0.15, 0.2) is 22.0 Å². The zero-order valence-electron chi connectivity index (χ0n) is 12.0. The average molecular weight is 307 g/mol. The van der Waals surface area contributed by atoms with Gasteiger partial charge in [-0.1, -0.05) is 18.0 Å². The predicted molar refractivity (Wildman–Crippen MR) is 82.2 cm³/mol. The SMILES string of the molecule is NC(=NO)C1(C(=O)N(Cc2ccsc2)C2CC2)CCCC1. The van der Waals surface area contributed by atoms with Gasteiger partial charge in [0.05, 0.1) is 0 Å². The van der Waals surface area contributed by atoms with E-state index in [1.54, 1.807) is 11.3 Å². The predicted octanol–water partition coefficient (Wildman–Crippen LogP) is 2.55. The number of amides is 1. The summed E-state index contributed by atoms with van der Waals surface area (Å²) in [7, 11) is 0. The van der Waals surface area contributed by atoms with Crippen LogP contribution >= 0.6 is 11.3 Å². The fourth-order valence-electron chi connectivity index (χ4n) is 3.26. The van der Waals surface area contributed by atoms with E-state index < -0.39 is 5.41 Å². The molecule has 1 amide bonds. The van der Waals surface area contributed by atoms with E-state index >= 15 is 0 Å². The maximum atomic E-state index is 13.1. The lowest BCUT2D eigenvalue weighted by Crippen LogP contribution is -2.50. The maximum absolute atomic E-state index is 13.1. The van der Waals surface area contributed by atoms with E-state index in [0.717, 1.165) is 31.2 Å².